The highest BCUT2D eigenvalue weighted by Gasteiger charge is 2.26. The lowest BCUT2D eigenvalue weighted by Crippen LogP contribution is -2.42. The van der Waals surface area contributed by atoms with Gasteiger partial charge in [-0.15, -0.1) is 0 Å². The first-order valence-corrected chi connectivity index (χ1v) is 8.81. The number of aryl methyl sites for hydroxylation is 1. The minimum atomic E-state index is -0.259. The number of ether oxygens (including phenoxy) is 1. The van der Waals surface area contributed by atoms with Crippen LogP contribution in [0.4, 0.5) is 10.2 Å². The second kappa shape index (κ2) is 8.27. The molecule has 1 aliphatic heterocycles. The average Bonchev–Trinajstić information content (AvgIpc) is 2.67. The van der Waals surface area contributed by atoms with Gasteiger partial charge < -0.3 is 14.5 Å². The SMILES string of the molecule is CN(C)c1cccc(C2CN(C(=O)CCc3ccccc3F)CCO2)n1. The zero-order chi connectivity index (χ0) is 18.5. The minimum absolute atomic E-state index is 0.0188. The molecular formula is C20H24FN3O2. The molecule has 0 aliphatic carbocycles. The van der Waals surface area contributed by atoms with Crippen LogP contribution in [0.2, 0.25) is 0 Å². The maximum absolute atomic E-state index is 13.7. The van der Waals surface area contributed by atoms with Crippen molar-refractivity contribution in [1.29, 1.82) is 0 Å². The Bertz CT molecular complexity index is 766. The van der Waals surface area contributed by atoms with Gasteiger partial charge in [0.25, 0.3) is 0 Å². The van der Waals surface area contributed by atoms with Crippen molar-refractivity contribution in [2.45, 2.75) is 18.9 Å². The summed E-state index contributed by atoms with van der Waals surface area (Å²) in [7, 11) is 3.87. The number of pyridine rings is 1. The third-order valence-corrected chi connectivity index (χ3v) is 4.53. The number of morpholine rings is 1. The van der Waals surface area contributed by atoms with E-state index in [9.17, 15) is 9.18 Å². The normalized spacial score (nSPS) is 17.2. The molecule has 5 nitrogen and oxygen atoms in total. The van der Waals surface area contributed by atoms with E-state index in [4.69, 9.17) is 4.74 Å². The van der Waals surface area contributed by atoms with Crippen LogP contribution < -0.4 is 4.90 Å². The summed E-state index contributed by atoms with van der Waals surface area (Å²) in [4.78, 5) is 20.9. The van der Waals surface area contributed by atoms with Gasteiger partial charge >= 0.3 is 0 Å². The van der Waals surface area contributed by atoms with Crippen LogP contribution in [-0.2, 0) is 16.0 Å². The second-order valence-corrected chi connectivity index (χ2v) is 6.61. The second-order valence-electron chi connectivity index (χ2n) is 6.61. The van der Waals surface area contributed by atoms with Gasteiger partial charge in [0, 0.05) is 27.1 Å². The molecule has 6 heteroatoms. The number of anilines is 1. The van der Waals surface area contributed by atoms with E-state index in [0.717, 1.165) is 11.5 Å². The lowest BCUT2D eigenvalue weighted by atomic mass is 10.1. The lowest BCUT2D eigenvalue weighted by Gasteiger charge is -2.33. The number of rotatable bonds is 5. The molecule has 1 fully saturated rings. The number of amides is 1. The Morgan fingerprint density at radius 3 is 2.85 bits per heavy atom. The van der Waals surface area contributed by atoms with E-state index in [1.165, 1.54) is 6.07 Å². The van der Waals surface area contributed by atoms with Gasteiger partial charge in [-0.3, -0.25) is 4.79 Å². The molecule has 0 saturated carbocycles. The Balaban J connectivity index is 1.62. The van der Waals surface area contributed by atoms with Crippen LogP contribution in [-0.4, -0.2) is 49.6 Å². The van der Waals surface area contributed by atoms with Crippen LogP contribution in [0.5, 0.6) is 0 Å². The fourth-order valence-corrected chi connectivity index (χ4v) is 3.02. The fraction of sp³-hybridized carbons (Fsp3) is 0.400. The number of carbonyl (C=O) groups is 1. The standard InChI is InChI=1S/C20H24FN3O2/c1-23(2)19-9-5-8-17(22-19)18-14-24(12-13-26-18)20(25)11-10-15-6-3-4-7-16(15)21/h3-9,18H,10-14H2,1-2H3. The summed E-state index contributed by atoms with van der Waals surface area (Å²) in [6.07, 6.45) is 0.460. The first kappa shape index (κ1) is 18.3. The number of benzene rings is 1. The number of hydrogen-bond acceptors (Lipinski definition) is 4. The fourth-order valence-electron chi connectivity index (χ4n) is 3.02. The van der Waals surface area contributed by atoms with E-state index in [1.807, 2.05) is 37.2 Å². The predicted molar refractivity (Wildman–Crippen MR) is 98.6 cm³/mol. The van der Waals surface area contributed by atoms with Gasteiger partial charge in [0.2, 0.25) is 5.91 Å². The predicted octanol–water partition coefficient (Wildman–Crippen LogP) is 2.82. The largest absolute Gasteiger partial charge is 0.368 e. The number of carbonyl (C=O) groups excluding carboxylic acids is 1. The molecule has 1 unspecified atom stereocenters. The van der Waals surface area contributed by atoms with Crippen molar-refractivity contribution in [2.75, 3.05) is 38.7 Å². The third-order valence-electron chi connectivity index (χ3n) is 4.53. The molecule has 138 valence electrons. The Labute approximate surface area is 153 Å². The van der Waals surface area contributed by atoms with Gasteiger partial charge in [0.15, 0.2) is 0 Å². The van der Waals surface area contributed by atoms with Crippen molar-refractivity contribution in [3.63, 3.8) is 0 Å². The van der Waals surface area contributed by atoms with Crippen LogP contribution in [0.25, 0.3) is 0 Å². The molecular weight excluding hydrogens is 333 g/mol. The summed E-state index contributed by atoms with van der Waals surface area (Å²) in [5, 5.41) is 0. The van der Waals surface area contributed by atoms with Crippen LogP contribution in [0, 0.1) is 5.82 Å². The Hall–Kier alpha value is -2.47. The number of nitrogens with zero attached hydrogens (tertiary/aromatic N) is 3. The van der Waals surface area contributed by atoms with Crippen molar-refractivity contribution in [3.8, 4) is 0 Å². The van der Waals surface area contributed by atoms with Crippen molar-refractivity contribution in [3.05, 3.63) is 59.5 Å². The third kappa shape index (κ3) is 4.38. The number of halogens is 1. The quantitative estimate of drug-likeness (QED) is 0.826. The molecule has 3 rings (SSSR count). The monoisotopic (exact) mass is 357 g/mol. The Kier molecular flexibility index (Phi) is 5.83. The maximum atomic E-state index is 13.7. The molecule has 0 N–H and O–H groups in total. The molecule has 0 radical (unpaired) electrons. The smallest absolute Gasteiger partial charge is 0.223 e. The van der Waals surface area contributed by atoms with Gasteiger partial charge in [-0.05, 0) is 30.2 Å². The highest BCUT2D eigenvalue weighted by atomic mass is 19.1. The van der Waals surface area contributed by atoms with Gasteiger partial charge in [-0.2, -0.15) is 0 Å². The molecule has 0 bridgehead atoms. The van der Waals surface area contributed by atoms with Crippen molar-refractivity contribution >= 4 is 11.7 Å². The summed E-state index contributed by atoms with van der Waals surface area (Å²) in [5.74, 6) is 0.615. The van der Waals surface area contributed by atoms with Gasteiger partial charge in [0.05, 0.1) is 18.8 Å². The van der Waals surface area contributed by atoms with Gasteiger partial charge in [-0.1, -0.05) is 24.3 Å². The van der Waals surface area contributed by atoms with Gasteiger partial charge in [0.1, 0.15) is 17.7 Å². The van der Waals surface area contributed by atoms with Crippen LogP contribution >= 0.6 is 0 Å². The lowest BCUT2D eigenvalue weighted by molar-refractivity contribution is -0.139. The summed E-state index contributed by atoms with van der Waals surface area (Å²) in [6.45, 7) is 1.50. The van der Waals surface area contributed by atoms with Crippen molar-refractivity contribution in [1.82, 2.24) is 9.88 Å². The average molecular weight is 357 g/mol. The zero-order valence-corrected chi connectivity index (χ0v) is 15.2. The maximum Gasteiger partial charge on any atom is 0.223 e. The molecule has 1 aromatic carbocycles. The van der Waals surface area contributed by atoms with Crippen molar-refractivity contribution in [2.24, 2.45) is 0 Å². The molecule has 1 atom stereocenters. The Morgan fingerprint density at radius 1 is 1.27 bits per heavy atom. The van der Waals surface area contributed by atoms with Crippen molar-refractivity contribution < 1.29 is 13.9 Å². The molecule has 26 heavy (non-hydrogen) atoms. The molecule has 0 spiro atoms. The van der Waals surface area contributed by atoms with Crippen LogP contribution in [0.3, 0.4) is 0 Å². The number of aromatic nitrogens is 1. The minimum Gasteiger partial charge on any atom is -0.368 e. The summed E-state index contributed by atoms with van der Waals surface area (Å²) < 4.78 is 19.5. The first-order chi connectivity index (χ1) is 12.5. The topological polar surface area (TPSA) is 45.7 Å². The van der Waals surface area contributed by atoms with E-state index in [2.05, 4.69) is 4.98 Å². The molecule has 1 aliphatic rings. The van der Waals surface area contributed by atoms with E-state index in [0.29, 0.717) is 38.1 Å². The van der Waals surface area contributed by atoms with Crippen LogP contribution in [0.15, 0.2) is 42.5 Å². The highest BCUT2D eigenvalue weighted by Crippen LogP contribution is 2.23. The van der Waals surface area contributed by atoms with E-state index < -0.39 is 0 Å². The van der Waals surface area contributed by atoms with E-state index in [-0.39, 0.29) is 17.8 Å². The molecule has 2 heterocycles. The first-order valence-electron chi connectivity index (χ1n) is 8.81. The molecule has 2 aromatic rings. The highest BCUT2D eigenvalue weighted by molar-refractivity contribution is 5.76. The van der Waals surface area contributed by atoms with E-state index >= 15 is 0 Å². The zero-order valence-electron chi connectivity index (χ0n) is 15.2. The molecule has 1 aromatic heterocycles. The summed E-state index contributed by atoms with van der Waals surface area (Å²) in [5.41, 5.74) is 1.40. The molecule has 1 saturated heterocycles. The summed E-state index contributed by atoms with van der Waals surface area (Å²) >= 11 is 0. The Morgan fingerprint density at radius 2 is 2.08 bits per heavy atom. The number of hydrogen-bond donors (Lipinski definition) is 0. The van der Waals surface area contributed by atoms with Crippen LogP contribution in [0.1, 0.15) is 23.8 Å². The molecule has 1 amide bonds. The summed E-state index contributed by atoms with van der Waals surface area (Å²) in [6, 6.07) is 12.4. The van der Waals surface area contributed by atoms with E-state index in [1.54, 1.807) is 23.1 Å². The van der Waals surface area contributed by atoms with Gasteiger partial charge in [-0.25, -0.2) is 9.37 Å².